The molecule has 1 fully saturated rings. The van der Waals surface area contributed by atoms with E-state index < -0.39 is 0 Å². The molecule has 1 atom stereocenters. The molecular formula is C29H37N3O2. The first-order valence-electron chi connectivity index (χ1n) is 12.9. The van der Waals surface area contributed by atoms with Crippen LogP contribution in [0.1, 0.15) is 63.0 Å². The summed E-state index contributed by atoms with van der Waals surface area (Å²) < 4.78 is 13.6. The Morgan fingerprint density at radius 2 is 1.85 bits per heavy atom. The van der Waals surface area contributed by atoms with Gasteiger partial charge in [-0.05, 0) is 54.9 Å². The lowest BCUT2D eigenvalue weighted by Crippen LogP contribution is -2.54. The molecule has 0 amide bonds. The topological polar surface area (TPSA) is 39.5 Å². The van der Waals surface area contributed by atoms with Crippen molar-refractivity contribution in [3.05, 3.63) is 78.4 Å². The molecule has 0 N–H and O–H groups in total. The van der Waals surface area contributed by atoms with Gasteiger partial charge in [0.1, 0.15) is 0 Å². The summed E-state index contributed by atoms with van der Waals surface area (Å²) in [4.78, 5) is 7.11. The lowest BCUT2D eigenvalue weighted by atomic mass is 9.67. The fourth-order valence-corrected chi connectivity index (χ4v) is 6.02. The largest absolute Gasteiger partial charge is 0.454 e. The molecule has 3 aromatic rings. The zero-order chi connectivity index (χ0) is 23.2. The van der Waals surface area contributed by atoms with Crippen molar-refractivity contribution in [3.63, 3.8) is 0 Å². The van der Waals surface area contributed by atoms with Gasteiger partial charge in [0, 0.05) is 18.9 Å². The molecule has 5 nitrogen and oxygen atoms in total. The Kier molecular flexibility index (Phi) is 7.19. The van der Waals surface area contributed by atoms with Gasteiger partial charge >= 0.3 is 0 Å². The number of unbranched alkanes of at least 4 members (excludes halogenated alkanes) is 1. The lowest BCUT2D eigenvalue weighted by Gasteiger charge is -2.51. The van der Waals surface area contributed by atoms with Crippen LogP contribution >= 0.6 is 0 Å². The Labute approximate surface area is 203 Å². The normalized spacial score (nSPS) is 17.7. The average molecular weight is 460 g/mol. The van der Waals surface area contributed by atoms with E-state index in [4.69, 9.17) is 9.47 Å². The third-order valence-electron chi connectivity index (χ3n) is 7.70. The first-order valence-corrected chi connectivity index (χ1v) is 12.9. The summed E-state index contributed by atoms with van der Waals surface area (Å²) in [5.41, 5.74) is 2.64. The predicted molar refractivity (Wildman–Crippen MR) is 135 cm³/mol. The van der Waals surface area contributed by atoms with Crippen LogP contribution in [0.15, 0.2) is 67.3 Å². The fraction of sp³-hybridized carbons (Fsp3) is 0.483. The SMILES string of the molecule is CCCCN(Cn1ccnc1)C(Cc1ccc2c(c1)OCO2)(c1ccccc1)C1CCCCC1. The maximum absolute atomic E-state index is 5.77. The highest BCUT2D eigenvalue weighted by Gasteiger charge is 2.45. The number of hydrogen-bond acceptors (Lipinski definition) is 4. The molecule has 2 aliphatic rings. The second-order valence-corrected chi connectivity index (χ2v) is 9.82. The van der Waals surface area contributed by atoms with E-state index in [1.54, 1.807) is 0 Å². The number of benzene rings is 2. The first kappa shape index (κ1) is 23.0. The second kappa shape index (κ2) is 10.6. The Balaban J connectivity index is 1.63. The third kappa shape index (κ3) is 4.72. The summed E-state index contributed by atoms with van der Waals surface area (Å²) in [7, 11) is 0. The molecule has 0 bridgehead atoms. The van der Waals surface area contributed by atoms with Gasteiger partial charge in [-0.1, -0.05) is 69.0 Å². The van der Waals surface area contributed by atoms with Crippen LogP contribution in [0.25, 0.3) is 0 Å². The fourth-order valence-electron chi connectivity index (χ4n) is 6.02. The summed E-state index contributed by atoms with van der Waals surface area (Å²) in [6.45, 7) is 4.51. The van der Waals surface area contributed by atoms with Crippen molar-refractivity contribution in [2.75, 3.05) is 13.3 Å². The van der Waals surface area contributed by atoms with E-state index in [9.17, 15) is 0 Å². The number of hydrogen-bond donors (Lipinski definition) is 0. The predicted octanol–water partition coefficient (Wildman–Crippen LogP) is 6.39. The summed E-state index contributed by atoms with van der Waals surface area (Å²) >= 11 is 0. The Morgan fingerprint density at radius 3 is 2.62 bits per heavy atom. The van der Waals surface area contributed by atoms with E-state index in [0.29, 0.717) is 12.7 Å². The highest BCUT2D eigenvalue weighted by Crippen LogP contribution is 2.47. The molecule has 1 aliphatic carbocycles. The second-order valence-electron chi connectivity index (χ2n) is 9.82. The zero-order valence-electron chi connectivity index (χ0n) is 20.4. The molecule has 1 unspecified atom stereocenters. The quantitative estimate of drug-likeness (QED) is 0.352. The summed E-state index contributed by atoms with van der Waals surface area (Å²) in [5, 5.41) is 0. The maximum Gasteiger partial charge on any atom is 0.231 e. The average Bonchev–Trinajstić information content (AvgIpc) is 3.58. The smallest absolute Gasteiger partial charge is 0.231 e. The number of nitrogens with zero attached hydrogens (tertiary/aromatic N) is 3. The van der Waals surface area contributed by atoms with Gasteiger partial charge in [0.2, 0.25) is 6.79 Å². The van der Waals surface area contributed by atoms with Crippen LogP contribution in [0, 0.1) is 5.92 Å². The molecule has 180 valence electrons. The Bertz CT molecular complexity index is 1030. The van der Waals surface area contributed by atoms with Gasteiger partial charge in [0.25, 0.3) is 0 Å². The molecule has 0 saturated heterocycles. The van der Waals surface area contributed by atoms with Crippen molar-refractivity contribution < 1.29 is 9.47 Å². The molecule has 34 heavy (non-hydrogen) atoms. The van der Waals surface area contributed by atoms with E-state index in [1.165, 1.54) is 56.1 Å². The Morgan fingerprint density at radius 1 is 1.03 bits per heavy atom. The van der Waals surface area contributed by atoms with Crippen LogP contribution in [-0.2, 0) is 18.6 Å². The van der Waals surface area contributed by atoms with E-state index in [0.717, 1.165) is 31.1 Å². The molecule has 1 aromatic heterocycles. The first-order chi connectivity index (χ1) is 16.8. The minimum Gasteiger partial charge on any atom is -0.454 e. The molecule has 2 aromatic carbocycles. The van der Waals surface area contributed by atoms with Crippen molar-refractivity contribution in [2.24, 2.45) is 5.92 Å². The summed E-state index contributed by atoms with van der Waals surface area (Å²) in [6, 6.07) is 17.8. The molecule has 1 saturated carbocycles. The number of rotatable bonds is 10. The third-order valence-corrected chi connectivity index (χ3v) is 7.70. The number of aromatic nitrogens is 2. The maximum atomic E-state index is 5.77. The Hall–Kier alpha value is -2.79. The van der Waals surface area contributed by atoms with Gasteiger partial charge in [-0.15, -0.1) is 0 Å². The van der Waals surface area contributed by atoms with Crippen LogP contribution in [-0.4, -0.2) is 27.8 Å². The van der Waals surface area contributed by atoms with E-state index in [-0.39, 0.29) is 5.54 Å². The summed E-state index contributed by atoms with van der Waals surface area (Å²) in [5.74, 6) is 2.32. The van der Waals surface area contributed by atoms with E-state index in [2.05, 4.69) is 76.1 Å². The molecule has 5 rings (SSSR count). The highest BCUT2D eigenvalue weighted by molar-refractivity contribution is 5.45. The lowest BCUT2D eigenvalue weighted by molar-refractivity contribution is -0.0150. The highest BCUT2D eigenvalue weighted by atomic mass is 16.7. The van der Waals surface area contributed by atoms with E-state index in [1.807, 2.05) is 12.5 Å². The minimum atomic E-state index is -0.102. The number of imidazole rings is 1. The van der Waals surface area contributed by atoms with Gasteiger partial charge in [-0.25, -0.2) is 4.98 Å². The van der Waals surface area contributed by atoms with Gasteiger partial charge in [-0.2, -0.15) is 0 Å². The van der Waals surface area contributed by atoms with Crippen molar-refractivity contribution in [3.8, 4) is 11.5 Å². The van der Waals surface area contributed by atoms with Gasteiger partial charge in [0.15, 0.2) is 11.5 Å². The monoisotopic (exact) mass is 459 g/mol. The number of fused-ring (bicyclic) bond motifs is 1. The van der Waals surface area contributed by atoms with Crippen molar-refractivity contribution >= 4 is 0 Å². The molecule has 1 aliphatic heterocycles. The van der Waals surface area contributed by atoms with Crippen molar-refractivity contribution in [1.29, 1.82) is 0 Å². The van der Waals surface area contributed by atoms with Gasteiger partial charge in [0.05, 0.1) is 18.5 Å². The zero-order valence-corrected chi connectivity index (χ0v) is 20.4. The standard InChI is InChI=1S/C29H37N3O2/c1-2-3-17-32(22-31-18-16-30-21-31)29(25-10-6-4-7-11-25,26-12-8-5-9-13-26)20-24-14-15-27-28(19-24)34-23-33-27/h4,6-7,10-11,14-16,18-19,21,26H,2-3,5,8-9,12-13,17,20,22-23H2,1H3. The van der Waals surface area contributed by atoms with Crippen LogP contribution in [0.4, 0.5) is 0 Å². The van der Waals surface area contributed by atoms with E-state index >= 15 is 0 Å². The minimum absolute atomic E-state index is 0.102. The molecule has 5 heteroatoms. The van der Waals surface area contributed by atoms with Crippen molar-refractivity contribution in [2.45, 2.75) is 70.5 Å². The van der Waals surface area contributed by atoms with Crippen molar-refractivity contribution in [1.82, 2.24) is 14.5 Å². The van der Waals surface area contributed by atoms with Crippen LogP contribution in [0.5, 0.6) is 11.5 Å². The molecule has 2 heterocycles. The van der Waals surface area contributed by atoms with Gasteiger partial charge < -0.3 is 14.0 Å². The van der Waals surface area contributed by atoms with Crippen LogP contribution in [0.2, 0.25) is 0 Å². The van der Waals surface area contributed by atoms with Crippen LogP contribution < -0.4 is 9.47 Å². The van der Waals surface area contributed by atoms with Gasteiger partial charge in [-0.3, -0.25) is 4.90 Å². The van der Waals surface area contributed by atoms with Crippen LogP contribution in [0.3, 0.4) is 0 Å². The summed E-state index contributed by atoms with van der Waals surface area (Å²) in [6.07, 6.45) is 15.8. The molecule has 0 spiro atoms. The number of ether oxygens (including phenoxy) is 2. The molecular weight excluding hydrogens is 422 g/mol. The molecule has 0 radical (unpaired) electrons.